The van der Waals surface area contributed by atoms with Crippen molar-refractivity contribution in [3.8, 4) is 6.07 Å². The summed E-state index contributed by atoms with van der Waals surface area (Å²) in [6.45, 7) is 0. The van der Waals surface area contributed by atoms with Gasteiger partial charge >= 0.3 is 6.18 Å². The maximum absolute atomic E-state index is 12.6. The molecule has 0 aromatic carbocycles. The van der Waals surface area contributed by atoms with Gasteiger partial charge in [-0.1, -0.05) is 0 Å². The van der Waals surface area contributed by atoms with Gasteiger partial charge in [-0.2, -0.15) is 23.5 Å². The van der Waals surface area contributed by atoms with E-state index in [1.54, 1.807) is 0 Å². The molecule has 1 N–H and O–H groups in total. The van der Waals surface area contributed by atoms with E-state index in [1.165, 1.54) is 0 Å². The van der Waals surface area contributed by atoms with E-state index in [9.17, 15) is 13.2 Å². The Morgan fingerprint density at radius 1 is 1.44 bits per heavy atom. The Balaban J connectivity index is 2.34. The fourth-order valence-corrected chi connectivity index (χ4v) is 1.76. The van der Waals surface area contributed by atoms with Gasteiger partial charge in [-0.25, -0.2) is 0 Å². The Kier molecular flexibility index (Phi) is 2.62. The molecule has 1 saturated carbocycles. The molecule has 0 spiro atoms. The van der Waals surface area contributed by atoms with Gasteiger partial charge in [0, 0.05) is 23.6 Å². The van der Waals surface area contributed by atoms with Crippen molar-refractivity contribution < 1.29 is 13.2 Å². The van der Waals surface area contributed by atoms with E-state index in [0.717, 1.165) is 12.8 Å². The van der Waals surface area contributed by atoms with Gasteiger partial charge in [0.2, 0.25) is 0 Å². The third kappa shape index (κ3) is 2.03. The van der Waals surface area contributed by atoms with E-state index in [-0.39, 0.29) is 24.3 Å². The molecule has 1 fully saturated rings. The molecule has 1 aliphatic carbocycles. The first-order chi connectivity index (χ1) is 7.54. The van der Waals surface area contributed by atoms with Crippen LogP contribution in [0.4, 0.5) is 13.2 Å². The summed E-state index contributed by atoms with van der Waals surface area (Å²) in [7, 11) is 0. The molecule has 0 aliphatic heterocycles. The van der Waals surface area contributed by atoms with Crippen molar-refractivity contribution in [2.24, 2.45) is 0 Å². The number of hydrogen-bond donors (Lipinski definition) is 1. The molecular formula is C10H10F3N3. The van der Waals surface area contributed by atoms with E-state index in [4.69, 9.17) is 5.26 Å². The summed E-state index contributed by atoms with van der Waals surface area (Å²) in [6.07, 6.45) is -2.43. The lowest BCUT2D eigenvalue weighted by Gasteiger charge is -2.06. The standard InChI is InChI=1S/C10H10F3N3/c11-10(12,13)9-7(2-1-5-14)8(15-16-9)6-3-4-6/h6H,1-4H2,(H,15,16). The number of aromatic nitrogens is 2. The molecule has 0 saturated heterocycles. The fourth-order valence-electron chi connectivity index (χ4n) is 1.76. The molecule has 0 radical (unpaired) electrons. The van der Waals surface area contributed by atoms with Crippen LogP contribution in [0.2, 0.25) is 0 Å². The Bertz CT molecular complexity index is 423. The van der Waals surface area contributed by atoms with Gasteiger partial charge in [0.25, 0.3) is 0 Å². The van der Waals surface area contributed by atoms with E-state index in [2.05, 4.69) is 10.2 Å². The van der Waals surface area contributed by atoms with Crippen molar-refractivity contribution in [2.75, 3.05) is 0 Å². The smallest absolute Gasteiger partial charge is 0.281 e. The zero-order valence-corrected chi connectivity index (χ0v) is 8.43. The van der Waals surface area contributed by atoms with E-state index < -0.39 is 11.9 Å². The molecular weight excluding hydrogens is 219 g/mol. The zero-order valence-electron chi connectivity index (χ0n) is 8.43. The Morgan fingerprint density at radius 2 is 2.12 bits per heavy atom. The van der Waals surface area contributed by atoms with E-state index >= 15 is 0 Å². The van der Waals surface area contributed by atoms with Crippen LogP contribution < -0.4 is 0 Å². The second kappa shape index (κ2) is 3.81. The van der Waals surface area contributed by atoms with Crippen molar-refractivity contribution in [2.45, 2.75) is 37.8 Å². The van der Waals surface area contributed by atoms with Crippen molar-refractivity contribution in [1.82, 2.24) is 10.2 Å². The Labute approximate surface area is 90.3 Å². The molecule has 6 heteroatoms. The molecule has 3 nitrogen and oxygen atoms in total. The lowest BCUT2D eigenvalue weighted by Crippen LogP contribution is -2.09. The summed E-state index contributed by atoms with van der Waals surface area (Å²) in [5.41, 5.74) is -0.108. The number of alkyl halides is 3. The molecule has 1 aliphatic rings. The summed E-state index contributed by atoms with van der Waals surface area (Å²) in [6, 6.07) is 1.86. The summed E-state index contributed by atoms with van der Waals surface area (Å²) in [5.74, 6) is 0.178. The molecule has 16 heavy (non-hydrogen) atoms. The monoisotopic (exact) mass is 229 g/mol. The SMILES string of the molecule is N#CCCc1c(C(F)(F)F)n[nH]c1C1CC1. The lowest BCUT2D eigenvalue weighted by molar-refractivity contribution is -0.141. The van der Waals surface area contributed by atoms with Gasteiger partial charge in [-0.05, 0) is 19.3 Å². The van der Waals surface area contributed by atoms with Crippen molar-refractivity contribution in [1.29, 1.82) is 5.26 Å². The molecule has 0 unspecified atom stereocenters. The van der Waals surface area contributed by atoms with Crippen molar-refractivity contribution >= 4 is 0 Å². The number of aromatic amines is 1. The third-order valence-corrected chi connectivity index (χ3v) is 2.64. The second-order valence-corrected chi connectivity index (χ2v) is 3.89. The molecule has 0 atom stereocenters. The normalized spacial score (nSPS) is 16.1. The molecule has 0 bridgehead atoms. The van der Waals surface area contributed by atoms with Gasteiger partial charge < -0.3 is 0 Å². The van der Waals surface area contributed by atoms with Crippen LogP contribution in [0.3, 0.4) is 0 Å². The molecule has 1 heterocycles. The Morgan fingerprint density at radius 3 is 2.62 bits per heavy atom. The first kappa shape index (κ1) is 11.0. The number of nitrogens with zero attached hydrogens (tertiary/aromatic N) is 2. The first-order valence-corrected chi connectivity index (χ1v) is 5.05. The largest absolute Gasteiger partial charge is 0.435 e. The average Bonchev–Trinajstić information content (AvgIpc) is 2.94. The fraction of sp³-hybridized carbons (Fsp3) is 0.600. The number of nitriles is 1. The molecule has 86 valence electrons. The number of halogens is 3. The summed E-state index contributed by atoms with van der Waals surface area (Å²) in [5, 5.41) is 14.3. The van der Waals surface area contributed by atoms with Gasteiger partial charge in [0.05, 0.1) is 6.07 Å². The molecule has 2 rings (SSSR count). The molecule has 1 aromatic heterocycles. The van der Waals surface area contributed by atoms with Crippen molar-refractivity contribution in [3.63, 3.8) is 0 Å². The van der Waals surface area contributed by atoms with Gasteiger partial charge in [-0.3, -0.25) is 5.10 Å². The van der Waals surface area contributed by atoms with Crippen LogP contribution in [0.1, 0.15) is 42.1 Å². The van der Waals surface area contributed by atoms with E-state index in [0.29, 0.717) is 5.69 Å². The van der Waals surface area contributed by atoms with Gasteiger partial charge in [0.1, 0.15) is 0 Å². The van der Waals surface area contributed by atoms with Crippen LogP contribution in [0.25, 0.3) is 0 Å². The highest BCUT2D eigenvalue weighted by Gasteiger charge is 2.40. The second-order valence-electron chi connectivity index (χ2n) is 3.89. The van der Waals surface area contributed by atoms with Crippen LogP contribution in [0.5, 0.6) is 0 Å². The highest BCUT2D eigenvalue weighted by molar-refractivity contribution is 5.32. The number of H-pyrrole nitrogens is 1. The average molecular weight is 229 g/mol. The van der Waals surface area contributed by atoms with E-state index in [1.807, 2.05) is 6.07 Å². The highest BCUT2D eigenvalue weighted by Crippen LogP contribution is 2.43. The topological polar surface area (TPSA) is 52.5 Å². The van der Waals surface area contributed by atoms with Crippen LogP contribution in [-0.4, -0.2) is 10.2 Å². The predicted molar refractivity (Wildman–Crippen MR) is 49.5 cm³/mol. The quantitative estimate of drug-likeness (QED) is 0.866. The van der Waals surface area contributed by atoms with Crippen LogP contribution in [-0.2, 0) is 12.6 Å². The lowest BCUT2D eigenvalue weighted by atomic mass is 10.0. The van der Waals surface area contributed by atoms with Gasteiger partial charge in [0.15, 0.2) is 5.69 Å². The minimum Gasteiger partial charge on any atom is -0.281 e. The van der Waals surface area contributed by atoms with Crippen LogP contribution in [0, 0.1) is 11.3 Å². The molecule has 0 amide bonds. The summed E-state index contributed by atoms with van der Waals surface area (Å²) < 4.78 is 37.8. The third-order valence-electron chi connectivity index (χ3n) is 2.64. The van der Waals surface area contributed by atoms with Crippen LogP contribution >= 0.6 is 0 Å². The van der Waals surface area contributed by atoms with Gasteiger partial charge in [-0.15, -0.1) is 0 Å². The minimum absolute atomic E-state index is 0.0856. The maximum Gasteiger partial charge on any atom is 0.435 e. The predicted octanol–water partition coefficient (Wildman–Crippen LogP) is 2.76. The highest BCUT2D eigenvalue weighted by atomic mass is 19.4. The van der Waals surface area contributed by atoms with Crippen molar-refractivity contribution in [3.05, 3.63) is 17.0 Å². The van der Waals surface area contributed by atoms with Crippen LogP contribution in [0.15, 0.2) is 0 Å². The minimum atomic E-state index is -4.44. The zero-order chi connectivity index (χ0) is 11.8. The molecule has 1 aromatic rings. The maximum atomic E-state index is 12.6. The number of nitrogens with one attached hydrogen (secondary N) is 1. The first-order valence-electron chi connectivity index (χ1n) is 5.05. The number of rotatable bonds is 3. The summed E-state index contributed by atoms with van der Waals surface area (Å²) >= 11 is 0. The Hall–Kier alpha value is -1.51. The summed E-state index contributed by atoms with van der Waals surface area (Å²) in [4.78, 5) is 0. The number of hydrogen-bond acceptors (Lipinski definition) is 2.